The monoisotopic (exact) mass is 245 g/mol. The number of aliphatic hydroxyl groups excluding tert-OH is 1. The van der Waals surface area contributed by atoms with Gasteiger partial charge in [0.05, 0.1) is 5.02 Å². The molecule has 0 heterocycles. The van der Waals surface area contributed by atoms with E-state index in [2.05, 4.69) is 5.32 Å². The van der Waals surface area contributed by atoms with Crippen LogP contribution in [0.3, 0.4) is 0 Å². The van der Waals surface area contributed by atoms with E-state index >= 15 is 0 Å². The van der Waals surface area contributed by atoms with Gasteiger partial charge in [0.1, 0.15) is 5.82 Å². The molecule has 0 bridgehead atoms. The summed E-state index contributed by atoms with van der Waals surface area (Å²) in [5.41, 5.74) is 0.591. The van der Waals surface area contributed by atoms with Crippen LogP contribution in [0.4, 0.5) is 4.39 Å². The van der Waals surface area contributed by atoms with Gasteiger partial charge < -0.3 is 10.4 Å². The minimum absolute atomic E-state index is 0.0507. The molecule has 4 heteroatoms. The van der Waals surface area contributed by atoms with Crippen molar-refractivity contribution in [2.75, 3.05) is 13.2 Å². The predicted molar refractivity (Wildman–Crippen MR) is 64.1 cm³/mol. The van der Waals surface area contributed by atoms with Crippen LogP contribution in [0.25, 0.3) is 0 Å². The normalized spacial score (nSPS) is 12.8. The van der Waals surface area contributed by atoms with Crippen LogP contribution in [0.5, 0.6) is 0 Å². The molecule has 0 unspecified atom stereocenters. The van der Waals surface area contributed by atoms with Gasteiger partial charge in [-0.2, -0.15) is 0 Å². The summed E-state index contributed by atoms with van der Waals surface area (Å²) in [4.78, 5) is 0. The van der Waals surface area contributed by atoms with Crippen molar-refractivity contribution in [1.82, 2.24) is 5.32 Å². The van der Waals surface area contributed by atoms with Crippen LogP contribution in [0.1, 0.15) is 31.4 Å². The molecule has 0 saturated heterocycles. The van der Waals surface area contributed by atoms with E-state index in [0.29, 0.717) is 18.5 Å². The molecule has 0 aliphatic heterocycles. The molecular weight excluding hydrogens is 229 g/mol. The number of rotatable bonds is 6. The number of hydrogen-bond acceptors (Lipinski definition) is 2. The van der Waals surface area contributed by atoms with Crippen LogP contribution in [0, 0.1) is 5.82 Å². The number of halogens is 2. The first-order valence-corrected chi connectivity index (χ1v) is 5.86. The topological polar surface area (TPSA) is 32.3 Å². The second kappa shape index (κ2) is 6.84. The second-order valence-corrected chi connectivity index (χ2v) is 4.04. The van der Waals surface area contributed by atoms with Crippen molar-refractivity contribution in [2.45, 2.75) is 25.8 Å². The van der Waals surface area contributed by atoms with Crippen molar-refractivity contribution in [2.24, 2.45) is 0 Å². The Bertz CT molecular complexity index is 333. The van der Waals surface area contributed by atoms with Crippen molar-refractivity contribution in [1.29, 1.82) is 0 Å². The first-order valence-electron chi connectivity index (χ1n) is 5.48. The van der Waals surface area contributed by atoms with E-state index in [0.717, 1.165) is 6.42 Å². The van der Waals surface area contributed by atoms with Crippen LogP contribution in [-0.2, 0) is 0 Å². The highest BCUT2D eigenvalue weighted by Gasteiger charge is 2.14. The van der Waals surface area contributed by atoms with Gasteiger partial charge in [0.2, 0.25) is 0 Å². The number of nitrogens with one attached hydrogen (secondary N) is 1. The first-order chi connectivity index (χ1) is 7.70. The van der Waals surface area contributed by atoms with Gasteiger partial charge in [-0.25, -0.2) is 4.39 Å². The molecule has 0 amide bonds. The SMILES string of the molecule is CC[C@H](NCCCO)c1cccc(Cl)c1F. The molecule has 2 nitrogen and oxygen atoms in total. The van der Waals surface area contributed by atoms with Crippen LogP contribution in [0.2, 0.25) is 5.02 Å². The molecule has 16 heavy (non-hydrogen) atoms. The lowest BCUT2D eigenvalue weighted by molar-refractivity contribution is 0.282. The van der Waals surface area contributed by atoms with E-state index < -0.39 is 0 Å². The van der Waals surface area contributed by atoms with Gasteiger partial charge in [-0.05, 0) is 25.5 Å². The van der Waals surface area contributed by atoms with Crippen LogP contribution in [-0.4, -0.2) is 18.3 Å². The fourth-order valence-electron chi connectivity index (χ4n) is 1.62. The first kappa shape index (κ1) is 13.4. The average molecular weight is 246 g/mol. The molecule has 2 N–H and O–H groups in total. The third kappa shape index (κ3) is 3.44. The standard InChI is InChI=1S/C12H17ClFNO/c1-2-11(15-7-4-8-16)9-5-3-6-10(13)12(9)14/h3,5-6,11,15-16H,2,4,7-8H2,1H3/t11-/m0/s1. The van der Waals surface area contributed by atoms with Crippen molar-refractivity contribution >= 4 is 11.6 Å². The molecule has 1 rings (SSSR count). The van der Waals surface area contributed by atoms with E-state index in [1.54, 1.807) is 18.2 Å². The minimum atomic E-state index is -0.354. The fourth-order valence-corrected chi connectivity index (χ4v) is 1.80. The molecule has 0 aromatic heterocycles. The molecule has 0 aliphatic rings. The van der Waals surface area contributed by atoms with Crippen LogP contribution < -0.4 is 5.32 Å². The number of aliphatic hydroxyl groups is 1. The maximum atomic E-state index is 13.7. The lowest BCUT2D eigenvalue weighted by atomic mass is 10.0. The summed E-state index contributed by atoms with van der Waals surface area (Å²) in [5.74, 6) is -0.354. The highest BCUT2D eigenvalue weighted by molar-refractivity contribution is 6.30. The van der Waals surface area contributed by atoms with E-state index in [1.165, 1.54) is 0 Å². The van der Waals surface area contributed by atoms with Crippen molar-refractivity contribution in [3.63, 3.8) is 0 Å². The molecule has 0 spiro atoms. The van der Waals surface area contributed by atoms with Crippen LogP contribution >= 0.6 is 11.6 Å². The van der Waals surface area contributed by atoms with Gasteiger partial charge in [0.25, 0.3) is 0 Å². The molecule has 0 fully saturated rings. The maximum Gasteiger partial charge on any atom is 0.146 e. The molecule has 0 aliphatic carbocycles. The second-order valence-electron chi connectivity index (χ2n) is 3.64. The van der Waals surface area contributed by atoms with E-state index in [9.17, 15) is 4.39 Å². The highest BCUT2D eigenvalue weighted by Crippen LogP contribution is 2.25. The van der Waals surface area contributed by atoms with Gasteiger partial charge in [-0.1, -0.05) is 30.7 Å². The van der Waals surface area contributed by atoms with E-state index in [-0.39, 0.29) is 23.5 Å². The Morgan fingerprint density at radius 1 is 1.50 bits per heavy atom. The quantitative estimate of drug-likeness (QED) is 0.756. The zero-order valence-electron chi connectivity index (χ0n) is 9.34. The molecule has 90 valence electrons. The summed E-state index contributed by atoms with van der Waals surface area (Å²) in [6.45, 7) is 2.79. The summed E-state index contributed by atoms with van der Waals surface area (Å²) < 4.78 is 13.7. The third-order valence-electron chi connectivity index (χ3n) is 2.49. The average Bonchev–Trinajstić information content (AvgIpc) is 2.29. The Kier molecular flexibility index (Phi) is 5.74. The molecule has 0 saturated carbocycles. The summed E-state index contributed by atoms with van der Waals surface area (Å²) >= 11 is 5.73. The molecule has 1 aromatic rings. The smallest absolute Gasteiger partial charge is 0.146 e. The fraction of sp³-hybridized carbons (Fsp3) is 0.500. The van der Waals surface area contributed by atoms with Crippen molar-refractivity contribution < 1.29 is 9.50 Å². The Labute approximate surface area is 100 Å². The Hall–Kier alpha value is -0.640. The maximum absolute atomic E-state index is 13.7. The van der Waals surface area contributed by atoms with E-state index in [4.69, 9.17) is 16.7 Å². The minimum Gasteiger partial charge on any atom is -0.396 e. The largest absolute Gasteiger partial charge is 0.396 e. The van der Waals surface area contributed by atoms with Crippen molar-refractivity contribution in [3.8, 4) is 0 Å². The molecule has 1 aromatic carbocycles. The zero-order valence-corrected chi connectivity index (χ0v) is 10.1. The Balaban J connectivity index is 2.74. The zero-order chi connectivity index (χ0) is 12.0. The summed E-state index contributed by atoms with van der Waals surface area (Å²) in [7, 11) is 0. The van der Waals surface area contributed by atoms with Crippen LogP contribution in [0.15, 0.2) is 18.2 Å². The van der Waals surface area contributed by atoms with Gasteiger partial charge in [-0.15, -0.1) is 0 Å². The summed E-state index contributed by atoms with van der Waals surface area (Å²) in [5, 5.41) is 12.0. The highest BCUT2D eigenvalue weighted by atomic mass is 35.5. The Morgan fingerprint density at radius 2 is 2.25 bits per heavy atom. The van der Waals surface area contributed by atoms with Crippen molar-refractivity contribution in [3.05, 3.63) is 34.6 Å². The Morgan fingerprint density at radius 3 is 2.88 bits per heavy atom. The lowest BCUT2D eigenvalue weighted by Crippen LogP contribution is -2.23. The summed E-state index contributed by atoms with van der Waals surface area (Å²) in [6, 6.07) is 4.98. The van der Waals surface area contributed by atoms with Gasteiger partial charge in [0, 0.05) is 18.2 Å². The number of hydrogen-bond donors (Lipinski definition) is 2. The van der Waals surface area contributed by atoms with Gasteiger partial charge in [0.15, 0.2) is 0 Å². The number of benzene rings is 1. The van der Waals surface area contributed by atoms with E-state index in [1.807, 2.05) is 6.92 Å². The third-order valence-corrected chi connectivity index (χ3v) is 2.78. The van der Waals surface area contributed by atoms with Gasteiger partial charge in [-0.3, -0.25) is 0 Å². The summed E-state index contributed by atoms with van der Waals surface area (Å²) in [6.07, 6.45) is 1.45. The lowest BCUT2D eigenvalue weighted by Gasteiger charge is -2.18. The molecule has 0 radical (unpaired) electrons. The van der Waals surface area contributed by atoms with Gasteiger partial charge >= 0.3 is 0 Å². The molecule has 1 atom stereocenters. The predicted octanol–water partition coefficient (Wildman–Crippen LogP) is 2.90. The molecular formula is C12H17ClFNO.